The average Bonchev–Trinajstić information content (AvgIpc) is 3.53. The third-order valence-corrected chi connectivity index (χ3v) is 11.4. The minimum absolute atomic E-state index is 0.0510. The summed E-state index contributed by atoms with van der Waals surface area (Å²) in [5, 5.41) is 0. The Bertz CT molecular complexity index is 915. The molecule has 1 saturated heterocycles. The van der Waals surface area contributed by atoms with Crippen LogP contribution < -0.4 is 0 Å². The molecule has 7 heteroatoms. The molecular weight excluding hydrogens is 665 g/mol. The van der Waals surface area contributed by atoms with Crippen LogP contribution in [0.3, 0.4) is 0 Å². The molecule has 2 atom stereocenters. The number of hydrogen-bond acceptors (Lipinski definition) is 6. The van der Waals surface area contributed by atoms with Gasteiger partial charge in [0.15, 0.2) is 5.79 Å². The molecule has 1 aliphatic heterocycles. The van der Waals surface area contributed by atoms with E-state index in [-0.39, 0.29) is 6.10 Å². The molecule has 0 saturated carbocycles. The maximum Gasteiger partial charge on any atom is 0.327 e. The van der Waals surface area contributed by atoms with Crippen molar-refractivity contribution in [3.63, 3.8) is 0 Å². The van der Waals surface area contributed by atoms with Gasteiger partial charge < -0.3 is 23.4 Å². The fourth-order valence-corrected chi connectivity index (χ4v) is 7.23. The van der Waals surface area contributed by atoms with E-state index in [1.807, 2.05) is 0 Å². The second-order valence-electron chi connectivity index (χ2n) is 15.2. The van der Waals surface area contributed by atoms with Gasteiger partial charge in [0.2, 0.25) is 0 Å². The maximum atomic E-state index is 12.1. The van der Waals surface area contributed by atoms with E-state index in [1.54, 1.807) is 0 Å². The molecule has 0 aliphatic carbocycles. The predicted molar refractivity (Wildman–Crippen MR) is 225 cm³/mol. The number of hydrogen-bond donors (Lipinski definition) is 0. The number of nitrogens with zero attached hydrogens (tertiary/aromatic N) is 1. The van der Waals surface area contributed by atoms with Crippen molar-refractivity contribution in [2.45, 2.75) is 193 Å². The van der Waals surface area contributed by atoms with Gasteiger partial charge in [-0.2, -0.15) is 0 Å². The zero-order chi connectivity index (χ0) is 37.9. The van der Waals surface area contributed by atoms with Crippen LogP contribution >= 0.6 is 7.60 Å². The van der Waals surface area contributed by atoms with Crippen LogP contribution in [-0.2, 0) is 23.1 Å². The lowest BCUT2D eigenvalue weighted by Crippen LogP contribution is -2.36. The summed E-state index contributed by atoms with van der Waals surface area (Å²) in [6.07, 6.45) is 50.9. The SMILES string of the molecule is CCCCC/C=C\C/C=C\CCCCCCCCC1(CCCCCCCC/C=C\C/C=C\CCCCC)OC[C@@H](CN(C)CCOP(C)(=O)OC)O1. The topological polar surface area (TPSA) is 57.2 Å². The third kappa shape index (κ3) is 29.4. The molecule has 0 N–H and O–H groups in total. The molecule has 0 aromatic carbocycles. The van der Waals surface area contributed by atoms with Crippen LogP contribution in [-0.4, -0.2) is 63.9 Å². The first-order valence-electron chi connectivity index (χ1n) is 21.7. The van der Waals surface area contributed by atoms with E-state index in [0.717, 1.165) is 45.1 Å². The lowest BCUT2D eigenvalue weighted by molar-refractivity contribution is -0.180. The molecule has 0 aromatic rings. The lowest BCUT2D eigenvalue weighted by Gasteiger charge is -2.29. The summed E-state index contributed by atoms with van der Waals surface area (Å²) in [5.74, 6) is -0.443. The first-order chi connectivity index (χ1) is 25.4. The third-order valence-electron chi connectivity index (χ3n) is 10.1. The van der Waals surface area contributed by atoms with E-state index in [0.29, 0.717) is 19.8 Å². The lowest BCUT2D eigenvalue weighted by atomic mass is 9.98. The minimum Gasteiger partial charge on any atom is -0.347 e. The maximum absolute atomic E-state index is 12.1. The molecule has 1 aliphatic rings. The fourth-order valence-electron chi connectivity index (χ4n) is 6.71. The van der Waals surface area contributed by atoms with Crippen LogP contribution in [0.5, 0.6) is 0 Å². The zero-order valence-electron chi connectivity index (χ0n) is 34.8. The van der Waals surface area contributed by atoms with E-state index in [9.17, 15) is 4.57 Å². The molecule has 1 unspecified atom stereocenters. The van der Waals surface area contributed by atoms with Gasteiger partial charge in [-0.15, -0.1) is 0 Å². The van der Waals surface area contributed by atoms with Gasteiger partial charge in [0.25, 0.3) is 0 Å². The van der Waals surface area contributed by atoms with Crippen molar-refractivity contribution in [2.75, 3.05) is 47.1 Å². The molecule has 1 fully saturated rings. The molecular formula is C45H84NO5P. The van der Waals surface area contributed by atoms with E-state index < -0.39 is 13.4 Å². The van der Waals surface area contributed by atoms with Crippen molar-refractivity contribution in [1.82, 2.24) is 4.90 Å². The highest BCUT2D eigenvalue weighted by molar-refractivity contribution is 7.52. The van der Waals surface area contributed by atoms with Crippen LogP contribution in [0.4, 0.5) is 0 Å². The van der Waals surface area contributed by atoms with Crippen molar-refractivity contribution in [2.24, 2.45) is 0 Å². The Hall–Kier alpha value is -1.01. The van der Waals surface area contributed by atoms with E-state index in [1.165, 1.54) is 142 Å². The Labute approximate surface area is 323 Å². The van der Waals surface area contributed by atoms with Gasteiger partial charge in [0.05, 0.1) is 19.3 Å². The van der Waals surface area contributed by atoms with Crippen LogP contribution in [0.25, 0.3) is 0 Å². The van der Waals surface area contributed by atoms with Crippen molar-refractivity contribution < 1.29 is 23.1 Å². The zero-order valence-corrected chi connectivity index (χ0v) is 35.7. The summed E-state index contributed by atoms with van der Waals surface area (Å²) >= 11 is 0. The van der Waals surface area contributed by atoms with Crippen LogP contribution in [0, 0.1) is 0 Å². The molecule has 1 rings (SSSR count). The smallest absolute Gasteiger partial charge is 0.327 e. The quantitative estimate of drug-likeness (QED) is 0.0358. The van der Waals surface area contributed by atoms with Crippen LogP contribution in [0.1, 0.15) is 181 Å². The Morgan fingerprint density at radius 2 is 1.08 bits per heavy atom. The van der Waals surface area contributed by atoms with Gasteiger partial charge in [0, 0.05) is 39.7 Å². The standard InChI is InChI=1S/C45H84NO5P/c1-6-8-10-12-14-16-18-20-22-24-26-28-30-32-34-36-38-45(49-43-44(51-45)42-46(3)40-41-50-52(5,47)48-4)39-37-35-33-31-29-27-25-23-21-19-17-15-13-11-9-7-2/h14-17,20-23,44H,6-13,18-19,24-43H2,1-5H3/b16-14-,17-15-,22-20-,23-21-/t44-,52?/m1/s1. The highest BCUT2D eigenvalue weighted by atomic mass is 31.2. The van der Waals surface area contributed by atoms with Gasteiger partial charge >= 0.3 is 7.60 Å². The average molecular weight is 750 g/mol. The van der Waals surface area contributed by atoms with Crippen molar-refractivity contribution in [3.05, 3.63) is 48.6 Å². The molecule has 0 aromatic heterocycles. The minimum atomic E-state index is -2.95. The van der Waals surface area contributed by atoms with Gasteiger partial charge in [-0.05, 0) is 84.1 Å². The van der Waals surface area contributed by atoms with Gasteiger partial charge in [-0.25, -0.2) is 0 Å². The summed E-state index contributed by atoms with van der Waals surface area (Å²) in [5.41, 5.74) is 0. The Morgan fingerprint density at radius 1 is 0.654 bits per heavy atom. The molecule has 0 spiro atoms. The summed E-state index contributed by atoms with van der Waals surface area (Å²) in [6.45, 7) is 8.49. The fraction of sp³-hybridized carbons (Fsp3) is 0.822. The second-order valence-corrected chi connectivity index (χ2v) is 17.3. The molecule has 304 valence electrons. The summed E-state index contributed by atoms with van der Waals surface area (Å²) in [4.78, 5) is 2.18. The Balaban J connectivity index is 2.34. The number of allylic oxidation sites excluding steroid dienone is 8. The molecule has 52 heavy (non-hydrogen) atoms. The first-order valence-corrected chi connectivity index (χ1v) is 23.7. The highest BCUT2D eigenvalue weighted by Crippen LogP contribution is 2.42. The Morgan fingerprint density at radius 3 is 1.52 bits per heavy atom. The number of unbranched alkanes of at least 4 members (excludes halogenated alkanes) is 18. The van der Waals surface area contributed by atoms with Crippen molar-refractivity contribution in [3.8, 4) is 0 Å². The van der Waals surface area contributed by atoms with Crippen LogP contribution in [0.2, 0.25) is 0 Å². The highest BCUT2D eigenvalue weighted by Gasteiger charge is 2.40. The second kappa shape index (κ2) is 34.5. The van der Waals surface area contributed by atoms with Crippen molar-refractivity contribution in [1.29, 1.82) is 0 Å². The Kier molecular flexibility index (Phi) is 32.5. The normalized spacial score (nSPS) is 17.6. The van der Waals surface area contributed by atoms with E-state index in [4.69, 9.17) is 18.5 Å². The van der Waals surface area contributed by atoms with Crippen molar-refractivity contribution >= 4 is 7.60 Å². The number of ether oxygens (including phenoxy) is 2. The largest absolute Gasteiger partial charge is 0.347 e. The van der Waals surface area contributed by atoms with Gasteiger partial charge in [-0.1, -0.05) is 140 Å². The van der Waals surface area contributed by atoms with E-state index >= 15 is 0 Å². The number of likely N-dealkylation sites (N-methyl/N-ethyl adjacent to an activating group) is 1. The van der Waals surface area contributed by atoms with Gasteiger partial charge in [-0.3, -0.25) is 4.57 Å². The monoisotopic (exact) mass is 750 g/mol. The summed E-state index contributed by atoms with van der Waals surface area (Å²) in [7, 11) is 0.537. The van der Waals surface area contributed by atoms with E-state index in [2.05, 4.69) is 74.4 Å². The first kappa shape index (κ1) is 49.0. The molecule has 1 heterocycles. The molecule has 0 bridgehead atoms. The summed E-state index contributed by atoms with van der Waals surface area (Å²) in [6, 6.07) is 0. The number of rotatable bonds is 37. The van der Waals surface area contributed by atoms with Crippen LogP contribution in [0.15, 0.2) is 48.6 Å². The van der Waals surface area contributed by atoms with Gasteiger partial charge in [0.1, 0.15) is 0 Å². The molecule has 0 amide bonds. The summed E-state index contributed by atoms with van der Waals surface area (Å²) < 4.78 is 35.7. The molecule has 6 nitrogen and oxygen atoms in total. The predicted octanol–water partition coefficient (Wildman–Crippen LogP) is 13.9. The molecule has 0 radical (unpaired) electrons.